The summed E-state index contributed by atoms with van der Waals surface area (Å²) in [6, 6.07) is 0. The van der Waals surface area contributed by atoms with Gasteiger partial charge in [-0.05, 0) is 27.2 Å². The molecule has 0 amide bonds. The zero-order valence-electron chi connectivity index (χ0n) is 20.8. The van der Waals surface area contributed by atoms with Gasteiger partial charge in [0.2, 0.25) is 0 Å². The predicted octanol–water partition coefficient (Wildman–Crippen LogP) is 4.08. The molecule has 0 heterocycles. The van der Waals surface area contributed by atoms with Crippen molar-refractivity contribution in [1.29, 1.82) is 0 Å². The molecule has 0 aromatic heterocycles. The maximum atomic E-state index is 11.6. The van der Waals surface area contributed by atoms with E-state index in [0.717, 1.165) is 12.8 Å². The summed E-state index contributed by atoms with van der Waals surface area (Å²) in [6.07, 6.45) is 7.66. The van der Waals surface area contributed by atoms with Crippen molar-refractivity contribution in [2.45, 2.75) is 84.7 Å². The van der Waals surface area contributed by atoms with E-state index in [-0.39, 0.29) is 25.0 Å². The molecule has 0 aliphatic carbocycles. The van der Waals surface area contributed by atoms with Crippen LogP contribution >= 0.6 is 0 Å². The van der Waals surface area contributed by atoms with E-state index in [0.29, 0.717) is 59.3 Å². The third-order valence-electron chi connectivity index (χ3n) is 4.21. The molecule has 0 rings (SSSR count). The van der Waals surface area contributed by atoms with Crippen LogP contribution in [0.5, 0.6) is 0 Å². The van der Waals surface area contributed by atoms with Gasteiger partial charge in [-0.3, -0.25) is 9.59 Å². The third kappa shape index (κ3) is 25.0. The van der Waals surface area contributed by atoms with Crippen molar-refractivity contribution in [3.63, 3.8) is 0 Å². The Bertz CT molecular complexity index is 448. The van der Waals surface area contributed by atoms with Gasteiger partial charge in [-0.15, -0.1) is 0 Å². The molecule has 0 bridgehead atoms. The highest BCUT2D eigenvalue weighted by Gasteiger charge is 2.15. The van der Waals surface area contributed by atoms with Crippen LogP contribution in [-0.4, -0.2) is 77.0 Å². The number of carbonyl (C=O) groups excluding carboxylic acids is 2. The maximum absolute atomic E-state index is 11.6. The fourth-order valence-corrected chi connectivity index (χ4v) is 2.65. The van der Waals surface area contributed by atoms with Crippen LogP contribution in [0.25, 0.3) is 0 Å². The third-order valence-corrected chi connectivity index (χ3v) is 4.21. The number of rotatable bonds is 22. The van der Waals surface area contributed by atoms with Crippen LogP contribution in [0.4, 0.5) is 0 Å². The SMILES string of the molecule is CCCCCCCCC(=O)OCCOCCOCCOCCOCCC(=O)OC(C)(C)C. The van der Waals surface area contributed by atoms with Crippen molar-refractivity contribution in [2.24, 2.45) is 0 Å². The second-order valence-electron chi connectivity index (χ2n) is 8.52. The van der Waals surface area contributed by atoms with Crippen molar-refractivity contribution in [1.82, 2.24) is 0 Å². The van der Waals surface area contributed by atoms with Crippen LogP contribution in [0.15, 0.2) is 0 Å². The molecule has 0 aromatic rings. The number of unbranched alkanes of at least 4 members (excludes halogenated alkanes) is 5. The molecule has 0 fully saturated rings. The summed E-state index contributed by atoms with van der Waals surface area (Å²) in [5, 5.41) is 0. The van der Waals surface area contributed by atoms with Crippen LogP contribution < -0.4 is 0 Å². The van der Waals surface area contributed by atoms with Gasteiger partial charge in [0, 0.05) is 6.42 Å². The van der Waals surface area contributed by atoms with Crippen LogP contribution in [0.2, 0.25) is 0 Å². The zero-order valence-corrected chi connectivity index (χ0v) is 20.8. The Morgan fingerprint density at radius 3 is 1.56 bits per heavy atom. The summed E-state index contributed by atoms with van der Waals surface area (Å²) < 4.78 is 31.8. The van der Waals surface area contributed by atoms with Crippen LogP contribution in [0.1, 0.15) is 79.1 Å². The molecule has 0 spiro atoms. The van der Waals surface area contributed by atoms with Crippen molar-refractivity contribution < 1.29 is 38.0 Å². The molecule has 0 aliphatic heterocycles. The van der Waals surface area contributed by atoms with Gasteiger partial charge >= 0.3 is 11.9 Å². The van der Waals surface area contributed by atoms with E-state index in [1.54, 1.807) is 0 Å². The van der Waals surface area contributed by atoms with Gasteiger partial charge in [-0.1, -0.05) is 39.0 Å². The molecule has 0 unspecified atom stereocenters. The first-order chi connectivity index (χ1) is 15.3. The number of hydrogen-bond donors (Lipinski definition) is 0. The number of ether oxygens (including phenoxy) is 6. The Balaban J connectivity index is 3.22. The maximum Gasteiger partial charge on any atom is 0.308 e. The molecule has 8 nitrogen and oxygen atoms in total. The van der Waals surface area contributed by atoms with Crippen LogP contribution in [-0.2, 0) is 38.0 Å². The van der Waals surface area contributed by atoms with Gasteiger partial charge < -0.3 is 28.4 Å². The largest absolute Gasteiger partial charge is 0.463 e. The Kier molecular flexibility index (Phi) is 20.8. The molecule has 0 atom stereocenters. The minimum Gasteiger partial charge on any atom is -0.463 e. The highest BCUT2D eigenvalue weighted by molar-refractivity contribution is 5.70. The summed E-state index contributed by atoms with van der Waals surface area (Å²) in [5.41, 5.74) is -0.467. The Hall–Kier alpha value is -1.22. The van der Waals surface area contributed by atoms with Crippen molar-refractivity contribution in [3.8, 4) is 0 Å². The zero-order chi connectivity index (χ0) is 23.9. The fourth-order valence-electron chi connectivity index (χ4n) is 2.65. The Labute approximate surface area is 194 Å². The monoisotopic (exact) mass is 462 g/mol. The molecule has 8 heteroatoms. The highest BCUT2D eigenvalue weighted by atomic mass is 16.6. The molecular formula is C24H46O8. The second kappa shape index (κ2) is 21.6. The second-order valence-corrected chi connectivity index (χ2v) is 8.52. The predicted molar refractivity (Wildman–Crippen MR) is 123 cm³/mol. The van der Waals surface area contributed by atoms with E-state index in [2.05, 4.69) is 6.92 Å². The summed E-state index contributed by atoms with van der Waals surface area (Å²) in [6.45, 7) is 11.4. The van der Waals surface area contributed by atoms with Gasteiger partial charge in [0.15, 0.2) is 0 Å². The van der Waals surface area contributed by atoms with E-state index in [1.165, 1.54) is 25.7 Å². The van der Waals surface area contributed by atoms with Crippen LogP contribution in [0, 0.1) is 0 Å². The lowest BCUT2D eigenvalue weighted by Crippen LogP contribution is -2.24. The Morgan fingerprint density at radius 1 is 0.562 bits per heavy atom. The first kappa shape index (κ1) is 30.8. The lowest BCUT2D eigenvalue weighted by atomic mass is 10.1. The molecule has 0 aromatic carbocycles. The molecule has 0 radical (unpaired) electrons. The fraction of sp³-hybridized carbons (Fsp3) is 0.917. The minimum atomic E-state index is -0.467. The van der Waals surface area contributed by atoms with E-state index in [9.17, 15) is 9.59 Å². The average Bonchev–Trinajstić information content (AvgIpc) is 2.72. The molecular weight excluding hydrogens is 416 g/mol. The van der Waals surface area contributed by atoms with E-state index in [4.69, 9.17) is 28.4 Å². The average molecular weight is 463 g/mol. The van der Waals surface area contributed by atoms with E-state index in [1.807, 2.05) is 20.8 Å². The summed E-state index contributed by atoms with van der Waals surface area (Å²) in [4.78, 5) is 23.1. The summed E-state index contributed by atoms with van der Waals surface area (Å²) in [7, 11) is 0. The highest BCUT2D eigenvalue weighted by Crippen LogP contribution is 2.08. The quantitative estimate of drug-likeness (QED) is 0.176. The number of carbonyl (C=O) groups is 2. The van der Waals surface area contributed by atoms with Gasteiger partial charge in [0.05, 0.1) is 59.3 Å². The molecule has 0 saturated carbocycles. The van der Waals surface area contributed by atoms with Gasteiger partial charge in [-0.2, -0.15) is 0 Å². The van der Waals surface area contributed by atoms with Crippen molar-refractivity contribution >= 4 is 11.9 Å². The molecule has 0 N–H and O–H groups in total. The number of hydrogen-bond acceptors (Lipinski definition) is 8. The first-order valence-electron chi connectivity index (χ1n) is 12.0. The topological polar surface area (TPSA) is 89.5 Å². The standard InChI is InChI=1S/C24H46O8/c1-5-6-7-8-9-10-11-22(25)31-21-20-30-19-18-29-17-16-28-15-14-27-13-12-23(26)32-24(2,3)4/h5-21H2,1-4H3. The summed E-state index contributed by atoms with van der Waals surface area (Å²) >= 11 is 0. The van der Waals surface area contributed by atoms with Crippen molar-refractivity contribution in [2.75, 3.05) is 59.5 Å². The van der Waals surface area contributed by atoms with Crippen LogP contribution in [0.3, 0.4) is 0 Å². The normalized spacial score (nSPS) is 11.5. The van der Waals surface area contributed by atoms with Crippen molar-refractivity contribution in [3.05, 3.63) is 0 Å². The lowest BCUT2D eigenvalue weighted by Gasteiger charge is -2.19. The van der Waals surface area contributed by atoms with Gasteiger partial charge in [0.1, 0.15) is 12.2 Å². The molecule has 32 heavy (non-hydrogen) atoms. The van der Waals surface area contributed by atoms with Gasteiger partial charge in [-0.25, -0.2) is 0 Å². The van der Waals surface area contributed by atoms with E-state index < -0.39 is 5.60 Å². The number of esters is 2. The Morgan fingerprint density at radius 2 is 1.03 bits per heavy atom. The smallest absolute Gasteiger partial charge is 0.308 e. The first-order valence-corrected chi connectivity index (χ1v) is 12.0. The minimum absolute atomic E-state index is 0.147. The van der Waals surface area contributed by atoms with E-state index >= 15 is 0 Å². The molecule has 0 aliphatic rings. The lowest BCUT2D eigenvalue weighted by molar-refractivity contribution is -0.156. The molecule has 0 saturated heterocycles. The molecule has 190 valence electrons. The van der Waals surface area contributed by atoms with Gasteiger partial charge in [0.25, 0.3) is 0 Å². The summed E-state index contributed by atoms with van der Waals surface area (Å²) in [5.74, 6) is -0.410.